The summed E-state index contributed by atoms with van der Waals surface area (Å²) < 4.78 is 0.421. The van der Waals surface area contributed by atoms with Crippen LogP contribution in [0.15, 0.2) is 0 Å². The minimum Gasteiger partial charge on any atom is -0.330 e. The van der Waals surface area contributed by atoms with Gasteiger partial charge in [0.05, 0.1) is 0 Å². The zero-order chi connectivity index (χ0) is 9.24. The fourth-order valence-electron chi connectivity index (χ4n) is 1.32. The van der Waals surface area contributed by atoms with Gasteiger partial charge >= 0.3 is 0 Å². The Kier molecular flexibility index (Phi) is 3.11. The number of thioether (sulfide) groups is 1. The second kappa shape index (κ2) is 3.59. The zero-order valence-corrected chi connectivity index (χ0v) is 9.34. The molecule has 1 aliphatic carbocycles. The fraction of sp³-hybridized carbons (Fsp3) is 1.00. The summed E-state index contributed by atoms with van der Waals surface area (Å²) >= 11 is 2.09. The largest absolute Gasteiger partial charge is 0.330 e. The molecular formula is C10H21NS. The molecule has 0 bridgehead atoms. The minimum absolute atomic E-state index is 0.421. The molecule has 0 aromatic carbocycles. The molecule has 0 aromatic rings. The Morgan fingerprint density at radius 3 is 2.25 bits per heavy atom. The van der Waals surface area contributed by atoms with Gasteiger partial charge in [-0.2, -0.15) is 11.8 Å². The second-order valence-corrected chi connectivity index (χ2v) is 6.74. The zero-order valence-electron chi connectivity index (χ0n) is 8.52. The van der Waals surface area contributed by atoms with Crippen molar-refractivity contribution >= 4 is 11.8 Å². The highest BCUT2D eigenvalue weighted by molar-refractivity contribution is 8.00. The van der Waals surface area contributed by atoms with Gasteiger partial charge in [0.1, 0.15) is 0 Å². The molecule has 2 heteroatoms. The predicted octanol–water partition coefficient (Wildman–Crippen LogP) is 2.65. The topological polar surface area (TPSA) is 26.0 Å². The monoisotopic (exact) mass is 187 g/mol. The van der Waals surface area contributed by atoms with Crippen molar-refractivity contribution in [2.45, 2.75) is 44.8 Å². The highest BCUT2D eigenvalue weighted by Crippen LogP contribution is 2.52. The van der Waals surface area contributed by atoms with E-state index in [0.717, 1.165) is 6.54 Å². The average molecular weight is 187 g/mol. The van der Waals surface area contributed by atoms with Gasteiger partial charge < -0.3 is 5.73 Å². The summed E-state index contributed by atoms with van der Waals surface area (Å²) in [7, 11) is 0. The lowest BCUT2D eigenvalue weighted by atomic mass is 10.1. The first-order chi connectivity index (χ1) is 5.47. The third-order valence-electron chi connectivity index (χ3n) is 2.44. The molecule has 0 spiro atoms. The summed E-state index contributed by atoms with van der Waals surface area (Å²) in [5.41, 5.74) is 6.23. The Labute approximate surface area is 80.5 Å². The van der Waals surface area contributed by atoms with E-state index in [9.17, 15) is 0 Å². The Morgan fingerprint density at radius 1 is 1.33 bits per heavy atom. The van der Waals surface area contributed by atoms with Gasteiger partial charge in [0.25, 0.3) is 0 Å². The molecule has 2 N–H and O–H groups in total. The summed E-state index contributed by atoms with van der Waals surface area (Å²) in [5, 5.41) is 0. The van der Waals surface area contributed by atoms with Crippen molar-refractivity contribution in [1.29, 1.82) is 0 Å². The number of hydrogen-bond donors (Lipinski definition) is 1. The smallest absolute Gasteiger partial charge is 0.00753 e. The van der Waals surface area contributed by atoms with Crippen LogP contribution < -0.4 is 5.73 Å². The quantitative estimate of drug-likeness (QED) is 0.732. The van der Waals surface area contributed by atoms with Crippen molar-refractivity contribution in [2.24, 2.45) is 11.1 Å². The van der Waals surface area contributed by atoms with Crippen LogP contribution in [0.1, 0.15) is 40.0 Å². The summed E-state index contributed by atoms with van der Waals surface area (Å²) in [6.07, 6.45) is 4.05. The normalized spacial score (nSPS) is 21.0. The maximum Gasteiger partial charge on any atom is 0.00753 e. The first-order valence-corrected chi connectivity index (χ1v) is 5.80. The SMILES string of the molecule is CC(C)(C)SCC1(CCN)CC1. The van der Waals surface area contributed by atoms with Crippen LogP contribution in [-0.2, 0) is 0 Å². The summed E-state index contributed by atoms with van der Waals surface area (Å²) in [4.78, 5) is 0. The lowest BCUT2D eigenvalue weighted by Crippen LogP contribution is -2.16. The van der Waals surface area contributed by atoms with Crippen molar-refractivity contribution in [3.63, 3.8) is 0 Å². The first kappa shape index (κ1) is 10.4. The average Bonchev–Trinajstić information content (AvgIpc) is 2.65. The van der Waals surface area contributed by atoms with Crippen molar-refractivity contribution in [3.8, 4) is 0 Å². The van der Waals surface area contributed by atoms with Gasteiger partial charge in [-0.05, 0) is 37.0 Å². The molecule has 0 heterocycles. The fourth-order valence-corrected chi connectivity index (χ4v) is 2.49. The molecule has 0 saturated heterocycles. The van der Waals surface area contributed by atoms with Crippen LogP contribution in [0, 0.1) is 5.41 Å². The lowest BCUT2D eigenvalue weighted by Gasteiger charge is -2.22. The Hall–Kier alpha value is 0.310. The Morgan fingerprint density at radius 2 is 1.92 bits per heavy atom. The van der Waals surface area contributed by atoms with Crippen LogP contribution in [-0.4, -0.2) is 17.0 Å². The molecule has 0 aliphatic heterocycles. The third kappa shape index (κ3) is 3.36. The van der Waals surface area contributed by atoms with Gasteiger partial charge in [0.15, 0.2) is 0 Å². The predicted molar refractivity (Wildman–Crippen MR) is 57.5 cm³/mol. The molecule has 0 unspecified atom stereocenters. The van der Waals surface area contributed by atoms with E-state index in [4.69, 9.17) is 5.73 Å². The summed E-state index contributed by atoms with van der Waals surface area (Å²) in [5.74, 6) is 1.31. The molecule has 12 heavy (non-hydrogen) atoms. The van der Waals surface area contributed by atoms with Gasteiger partial charge in [-0.15, -0.1) is 0 Å². The van der Waals surface area contributed by atoms with Crippen molar-refractivity contribution in [2.75, 3.05) is 12.3 Å². The molecule has 0 aromatic heterocycles. The van der Waals surface area contributed by atoms with E-state index >= 15 is 0 Å². The van der Waals surface area contributed by atoms with Crippen LogP contribution >= 0.6 is 11.8 Å². The summed E-state index contributed by atoms with van der Waals surface area (Å²) in [6, 6.07) is 0. The molecule has 1 fully saturated rings. The van der Waals surface area contributed by atoms with E-state index in [2.05, 4.69) is 32.5 Å². The Bertz CT molecular complexity index is 144. The standard InChI is InChI=1S/C10H21NS/c1-9(2,3)12-8-10(4-5-10)6-7-11/h4-8,11H2,1-3H3. The van der Waals surface area contributed by atoms with E-state index in [0.29, 0.717) is 10.2 Å². The van der Waals surface area contributed by atoms with Gasteiger partial charge in [-0.1, -0.05) is 20.8 Å². The first-order valence-electron chi connectivity index (χ1n) is 4.82. The molecule has 0 atom stereocenters. The molecule has 72 valence electrons. The van der Waals surface area contributed by atoms with Crippen molar-refractivity contribution in [1.82, 2.24) is 0 Å². The van der Waals surface area contributed by atoms with Gasteiger partial charge in [-0.3, -0.25) is 0 Å². The lowest BCUT2D eigenvalue weighted by molar-refractivity contribution is 0.535. The van der Waals surface area contributed by atoms with Crippen molar-refractivity contribution in [3.05, 3.63) is 0 Å². The van der Waals surface area contributed by atoms with Gasteiger partial charge in [0.2, 0.25) is 0 Å². The van der Waals surface area contributed by atoms with Crippen LogP contribution in [0.2, 0.25) is 0 Å². The molecule has 1 aliphatic rings. The highest BCUT2D eigenvalue weighted by Gasteiger charge is 2.42. The maximum absolute atomic E-state index is 5.58. The number of hydrogen-bond acceptors (Lipinski definition) is 2. The van der Waals surface area contributed by atoms with Gasteiger partial charge in [0, 0.05) is 4.75 Å². The Balaban J connectivity index is 2.22. The van der Waals surface area contributed by atoms with Crippen LogP contribution in [0.25, 0.3) is 0 Å². The van der Waals surface area contributed by atoms with E-state index in [1.54, 1.807) is 0 Å². The number of nitrogens with two attached hydrogens (primary N) is 1. The van der Waals surface area contributed by atoms with Crippen LogP contribution in [0.4, 0.5) is 0 Å². The highest BCUT2D eigenvalue weighted by atomic mass is 32.2. The minimum atomic E-state index is 0.421. The van der Waals surface area contributed by atoms with Gasteiger partial charge in [-0.25, -0.2) is 0 Å². The second-order valence-electron chi connectivity index (χ2n) is 4.94. The number of rotatable bonds is 4. The van der Waals surface area contributed by atoms with Crippen LogP contribution in [0.5, 0.6) is 0 Å². The molecular weight excluding hydrogens is 166 g/mol. The molecule has 0 radical (unpaired) electrons. The van der Waals surface area contributed by atoms with E-state index in [-0.39, 0.29) is 0 Å². The molecule has 1 rings (SSSR count). The third-order valence-corrected chi connectivity index (χ3v) is 4.07. The van der Waals surface area contributed by atoms with E-state index in [1.165, 1.54) is 25.0 Å². The molecule has 1 saturated carbocycles. The van der Waals surface area contributed by atoms with Crippen LogP contribution in [0.3, 0.4) is 0 Å². The van der Waals surface area contributed by atoms with Crippen molar-refractivity contribution < 1.29 is 0 Å². The summed E-state index contributed by atoms with van der Waals surface area (Å²) in [6.45, 7) is 7.73. The van der Waals surface area contributed by atoms with E-state index < -0.39 is 0 Å². The maximum atomic E-state index is 5.58. The molecule has 0 amide bonds. The molecule has 1 nitrogen and oxygen atoms in total. The van der Waals surface area contributed by atoms with E-state index in [1.807, 2.05) is 0 Å².